The number of oxazole rings is 1. The number of ketones is 1. The fourth-order valence-corrected chi connectivity index (χ4v) is 3.69. The highest BCUT2D eigenvalue weighted by molar-refractivity contribution is 7.13. The molecule has 2 aromatic rings. The number of carbonyl (C=O) groups excluding carboxylic acids is 1. The number of aryl methyl sites for hydroxylation is 1. The molecule has 0 aromatic carbocycles. The summed E-state index contributed by atoms with van der Waals surface area (Å²) in [7, 11) is 0. The highest BCUT2D eigenvalue weighted by Gasteiger charge is 2.25. The summed E-state index contributed by atoms with van der Waals surface area (Å²) in [6.45, 7) is 6.59. The SMILES string of the molecule is CCC(=O)[C@@H]1CCCN(Cc2nc(-c3cccs3)oc2C)C1. The Labute approximate surface area is 135 Å². The van der Waals surface area contributed by atoms with Crippen molar-refractivity contribution < 1.29 is 9.21 Å². The van der Waals surface area contributed by atoms with Crippen molar-refractivity contribution in [2.45, 2.75) is 39.7 Å². The summed E-state index contributed by atoms with van der Waals surface area (Å²) in [6.07, 6.45) is 2.76. The van der Waals surface area contributed by atoms with Crippen LogP contribution in [0, 0.1) is 12.8 Å². The van der Waals surface area contributed by atoms with Crippen molar-refractivity contribution in [2.24, 2.45) is 5.92 Å². The second-order valence-electron chi connectivity index (χ2n) is 5.89. The van der Waals surface area contributed by atoms with Gasteiger partial charge < -0.3 is 4.42 Å². The lowest BCUT2D eigenvalue weighted by Crippen LogP contribution is -2.38. The van der Waals surface area contributed by atoms with Crippen molar-refractivity contribution in [1.82, 2.24) is 9.88 Å². The Morgan fingerprint density at radius 1 is 1.55 bits per heavy atom. The van der Waals surface area contributed by atoms with E-state index in [2.05, 4.69) is 9.88 Å². The van der Waals surface area contributed by atoms with Gasteiger partial charge in [0, 0.05) is 25.4 Å². The molecule has 1 saturated heterocycles. The van der Waals surface area contributed by atoms with Crippen LogP contribution in [0.25, 0.3) is 10.8 Å². The van der Waals surface area contributed by atoms with E-state index in [1.165, 1.54) is 0 Å². The molecule has 0 unspecified atom stereocenters. The second-order valence-corrected chi connectivity index (χ2v) is 6.84. The molecule has 22 heavy (non-hydrogen) atoms. The summed E-state index contributed by atoms with van der Waals surface area (Å²) in [5.74, 6) is 2.18. The number of nitrogens with zero attached hydrogens (tertiary/aromatic N) is 2. The molecule has 5 heteroatoms. The minimum atomic E-state index is 0.197. The Hall–Kier alpha value is -1.46. The van der Waals surface area contributed by atoms with E-state index in [9.17, 15) is 4.79 Å². The molecule has 0 spiro atoms. The van der Waals surface area contributed by atoms with Crippen LogP contribution in [0.5, 0.6) is 0 Å². The smallest absolute Gasteiger partial charge is 0.236 e. The third-order valence-corrected chi connectivity index (χ3v) is 5.17. The van der Waals surface area contributed by atoms with Crippen molar-refractivity contribution in [3.63, 3.8) is 0 Å². The summed E-state index contributed by atoms with van der Waals surface area (Å²) < 4.78 is 5.80. The average Bonchev–Trinajstić information content (AvgIpc) is 3.17. The average molecular weight is 318 g/mol. The van der Waals surface area contributed by atoms with Gasteiger partial charge in [-0.25, -0.2) is 4.98 Å². The first kappa shape index (κ1) is 15.4. The van der Waals surface area contributed by atoms with Crippen LogP contribution in [-0.2, 0) is 11.3 Å². The number of carbonyl (C=O) groups is 1. The van der Waals surface area contributed by atoms with Crippen molar-refractivity contribution in [3.05, 3.63) is 29.0 Å². The monoisotopic (exact) mass is 318 g/mol. The molecule has 0 bridgehead atoms. The van der Waals surface area contributed by atoms with Gasteiger partial charge in [0.15, 0.2) is 0 Å². The van der Waals surface area contributed by atoms with Crippen molar-refractivity contribution >= 4 is 17.1 Å². The van der Waals surface area contributed by atoms with Crippen LogP contribution in [0.3, 0.4) is 0 Å². The maximum absolute atomic E-state index is 11.9. The van der Waals surface area contributed by atoms with Gasteiger partial charge in [-0.1, -0.05) is 13.0 Å². The Bertz CT molecular complexity index is 633. The van der Waals surface area contributed by atoms with Gasteiger partial charge in [0.1, 0.15) is 11.5 Å². The molecule has 1 fully saturated rings. The van der Waals surface area contributed by atoms with Crippen LogP contribution in [0.15, 0.2) is 21.9 Å². The first-order valence-electron chi connectivity index (χ1n) is 7.92. The molecule has 0 N–H and O–H groups in total. The van der Waals surface area contributed by atoms with E-state index >= 15 is 0 Å². The van der Waals surface area contributed by atoms with Crippen LogP contribution < -0.4 is 0 Å². The summed E-state index contributed by atoms with van der Waals surface area (Å²) in [5.41, 5.74) is 0.994. The van der Waals surface area contributed by atoms with Crippen LogP contribution >= 0.6 is 11.3 Å². The molecule has 0 saturated carbocycles. The number of aromatic nitrogens is 1. The van der Waals surface area contributed by atoms with E-state index in [0.717, 1.165) is 48.8 Å². The third-order valence-electron chi connectivity index (χ3n) is 4.31. The van der Waals surface area contributed by atoms with Crippen molar-refractivity contribution in [1.29, 1.82) is 0 Å². The summed E-state index contributed by atoms with van der Waals surface area (Å²) in [5, 5.41) is 2.03. The number of hydrogen-bond donors (Lipinski definition) is 0. The van der Waals surface area contributed by atoms with Crippen LogP contribution in [-0.4, -0.2) is 28.8 Å². The summed E-state index contributed by atoms with van der Waals surface area (Å²) in [6, 6.07) is 4.03. The van der Waals surface area contributed by atoms with Crippen molar-refractivity contribution in [3.8, 4) is 10.8 Å². The molecular formula is C17H22N2O2S. The molecule has 1 aliphatic rings. The van der Waals surface area contributed by atoms with E-state index in [1.807, 2.05) is 31.4 Å². The minimum absolute atomic E-state index is 0.197. The molecule has 118 valence electrons. The van der Waals surface area contributed by atoms with Gasteiger partial charge in [-0.2, -0.15) is 0 Å². The highest BCUT2D eigenvalue weighted by atomic mass is 32.1. The summed E-state index contributed by atoms with van der Waals surface area (Å²) in [4.78, 5) is 20.0. The molecule has 3 heterocycles. The molecule has 3 rings (SSSR count). The van der Waals surface area contributed by atoms with Gasteiger partial charge in [0.2, 0.25) is 5.89 Å². The third kappa shape index (κ3) is 3.31. The second kappa shape index (κ2) is 6.75. The number of rotatable bonds is 5. The lowest BCUT2D eigenvalue weighted by atomic mass is 9.92. The Morgan fingerprint density at radius 2 is 2.41 bits per heavy atom. The fourth-order valence-electron chi connectivity index (χ4n) is 3.04. The van der Waals surface area contributed by atoms with E-state index < -0.39 is 0 Å². The Kier molecular flexibility index (Phi) is 4.74. The van der Waals surface area contributed by atoms with Gasteiger partial charge in [-0.05, 0) is 37.8 Å². The zero-order valence-corrected chi connectivity index (χ0v) is 14.0. The number of piperidine rings is 1. The Morgan fingerprint density at radius 3 is 3.14 bits per heavy atom. The van der Waals surface area contributed by atoms with Crippen LogP contribution in [0.1, 0.15) is 37.6 Å². The zero-order valence-electron chi connectivity index (χ0n) is 13.2. The number of hydrogen-bond acceptors (Lipinski definition) is 5. The van der Waals surface area contributed by atoms with Gasteiger partial charge in [-0.3, -0.25) is 9.69 Å². The van der Waals surface area contributed by atoms with Gasteiger partial charge >= 0.3 is 0 Å². The predicted octanol–water partition coefficient (Wildman–Crippen LogP) is 3.90. The van der Waals surface area contributed by atoms with Gasteiger partial charge in [-0.15, -0.1) is 11.3 Å². The molecular weight excluding hydrogens is 296 g/mol. The lowest BCUT2D eigenvalue weighted by Gasteiger charge is -2.31. The van der Waals surface area contributed by atoms with Crippen molar-refractivity contribution in [2.75, 3.05) is 13.1 Å². The summed E-state index contributed by atoms with van der Waals surface area (Å²) >= 11 is 1.64. The maximum Gasteiger partial charge on any atom is 0.236 e. The quantitative estimate of drug-likeness (QED) is 0.839. The molecule has 0 radical (unpaired) electrons. The Balaban J connectivity index is 1.69. The molecule has 1 aliphatic heterocycles. The first-order chi connectivity index (χ1) is 10.7. The largest absolute Gasteiger partial charge is 0.440 e. The van der Waals surface area contributed by atoms with Crippen LogP contribution in [0.4, 0.5) is 0 Å². The van der Waals surface area contributed by atoms with E-state index in [1.54, 1.807) is 11.3 Å². The van der Waals surface area contributed by atoms with Gasteiger partial charge in [0.05, 0.1) is 10.6 Å². The molecule has 0 aliphatic carbocycles. The standard InChI is InChI=1S/C17H22N2O2S/c1-3-15(20)13-6-4-8-19(10-13)11-14-12(2)21-17(18-14)16-7-5-9-22-16/h5,7,9,13H,3-4,6,8,10-11H2,1-2H3/t13-/m1/s1. The molecule has 1 atom stereocenters. The first-order valence-corrected chi connectivity index (χ1v) is 8.80. The number of Topliss-reactive ketones (excluding diaryl/α,β-unsaturated/α-hetero) is 1. The van der Waals surface area contributed by atoms with E-state index in [-0.39, 0.29) is 5.92 Å². The predicted molar refractivity (Wildman–Crippen MR) is 87.9 cm³/mol. The fraction of sp³-hybridized carbons (Fsp3) is 0.529. The number of likely N-dealkylation sites (tertiary alicyclic amines) is 1. The molecule has 4 nitrogen and oxygen atoms in total. The maximum atomic E-state index is 11.9. The zero-order chi connectivity index (χ0) is 15.5. The molecule has 2 aromatic heterocycles. The molecule has 0 amide bonds. The minimum Gasteiger partial charge on any atom is -0.440 e. The normalized spacial score (nSPS) is 19.5. The lowest BCUT2D eigenvalue weighted by molar-refractivity contribution is -0.124. The van der Waals surface area contributed by atoms with Crippen LogP contribution in [0.2, 0.25) is 0 Å². The number of thiophene rings is 1. The van der Waals surface area contributed by atoms with E-state index in [0.29, 0.717) is 18.1 Å². The highest BCUT2D eigenvalue weighted by Crippen LogP contribution is 2.27. The van der Waals surface area contributed by atoms with E-state index in [4.69, 9.17) is 4.42 Å². The topological polar surface area (TPSA) is 46.3 Å². The van der Waals surface area contributed by atoms with Gasteiger partial charge in [0.25, 0.3) is 0 Å².